The molecular weight excluding hydrogens is 458 g/mol. The van der Waals surface area contributed by atoms with Crippen LogP contribution >= 0.6 is 0 Å². The molecule has 1 heterocycles. The number of carbonyl (C=O) groups excluding carboxylic acids is 3. The quantitative estimate of drug-likeness (QED) is 0.320. The highest BCUT2D eigenvalue weighted by molar-refractivity contribution is 5.96. The number of esters is 1. The van der Waals surface area contributed by atoms with Gasteiger partial charge in [-0.15, -0.1) is 0 Å². The van der Waals surface area contributed by atoms with Crippen molar-refractivity contribution in [3.05, 3.63) is 0 Å². The molecular formula is C24H37F4NO5. The van der Waals surface area contributed by atoms with E-state index < -0.39 is 66.1 Å². The minimum atomic E-state index is -4.32. The number of imide groups is 1. The lowest BCUT2D eigenvalue weighted by Gasteiger charge is -2.39. The molecule has 2 amide bonds. The Labute approximate surface area is 198 Å². The maximum Gasteiger partial charge on any atom is 0.416 e. The molecule has 1 saturated carbocycles. The molecule has 0 aromatic rings. The van der Waals surface area contributed by atoms with Crippen LogP contribution < -0.4 is 0 Å². The Hall–Kier alpha value is -1.87. The molecule has 34 heavy (non-hydrogen) atoms. The number of amides is 2. The number of hydrogen-bond acceptors (Lipinski definition) is 5. The first kappa shape index (κ1) is 28.4. The van der Waals surface area contributed by atoms with Gasteiger partial charge in [0.1, 0.15) is 12.2 Å². The first-order valence-electron chi connectivity index (χ1n) is 12.0. The fraction of sp³-hybridized carbons (Fsp3) is 0.875. The molecule has 2 rings (SSSR count). The summed E-state index contributed by atoms with van der Waals surface area (Å²) in [6.45, 7) is 7.92. The van der Waals surface area contributed by atoms with E-state index in [1.165, 1.54) is 0 Å². The number of rotatable bonds is 8. The molecule has 0 N–H and O–H groups in total. The SMILES string of the molecule is CC(C)[C@H]1COC(=O)N1C(=O)[C@H](CCCF)C(C(=O)OC(C)(C)C)C1CCC(C(F)(F)F)CC1. The highest BCUT2D eigenvalue weighted by atomic mass is 19.4. The number of hydrogen-bond donors (Lipinski definition) is 0. The van der Waals surface area contributed by atoms with Gasteiger partial charge in [-0.25, -0.2) is 9.69 Å². The second-order valence-electron chi connectivity index (χ2n) is 10.7. The molecule has 0 aromatic heterocycles. The zero-order chi connectivity index (χ0) is 25.8. The summed E-state index contributed by atoms with van der Waals surface area (Å²) in [5.41, 5.74) is -0.890. The molecule has 3 atom stereocenters. The molecule has 1 aliphatic heterocycles. The van der Waals surface area contributed by atoms with Gasteiger partial charge in [-0.2, -0.15) is 13.2 Å². The van der Waals surface area contributed by atoms with E-state index in [0.717, 1.165) is 4.90 Å². The Kier molecular flexibility index (Phi) is 9.38. The van der Waals surface area contributed by atoms with Crippen molar-refractivity contribution in [3.8, 4) is 0 Å². The van der Waals surface area contributed by atoms with Crippen molar-refractivity contribution < 1.29 is 41.4 Å². The lowest BCUT2D eigenvalue weighted by molar-refractivity contribution is -0.187. The van der Waals surface area contributed by atoms with Crippen LogP contribution in [0.15, 0.2) is 0 Å². The van der Waals surface area contributed by atoms with Gasteiger partial charge in [0, 0.05) is 0 Å². The van der Waals surface area contributed by atoms with Crippen LogP contribution in [-0.2, 0) is 19.1 Å². The van der Waals surface area contributed by atoms with Crippen molar-refractivity contribution >= 4 is 18.0 Å². The van der Waals surface area contributed by atoms with Crippen LogP contribution in [0, 0.1) is 29.6 Å². The van der Waals surface area contributed by atoms with Crippen molar-refractivity contribution in [3.63, 3.8) is 0 Å². The Morgan fingerprint density at radius 3 is 2.18 bits per heavy atom. The Balaban J connectivity index is 2.40. The number of carbonyl (C=O) groups is 3. The minimum Gasteiger partial charge on any atom is -0.460 e. The standard InChI is InChI=1S/C24H37F4NO5/c1-14(2)18-13-33-22(32)29(18)20(30)17(7-6-12-25)19(21(31)34-23(3,4)5)15-8-10-16(11-9-15)24(26,27)28/h14-19H,6-13H2,1-5H3/t15?,16?,17-,18-,19?/m1/s1. The molecule has 2 aliphatic rings. The molecule has 1 aliphatic carbocycles. The largest absolute Gasteiger partial charge is 0.460 e. The smallest absolute Gasteiger partial charge is 0.416 e. The molecule has 10 heteroatoms. The fourth-order valence-corrected chi connectivity index (χ4v) is 4.97. The maximum absolute atomic E-state index is 13.7. The Morgan fingerprint density at radius 2 is 1.71 bits per heavy atom. The molecule has 6 nitrogen and oxygen atoms in total. The highest BCUT2D eigenvalue weighted by Crippen LogP contribution is 2.45. The third kappa shape index (κ3) is 7.07. The van der Waals surface area contributed by atoms with Gasteiger partial charge in [0.2, 0.25) is 5.91 Å². The second kappa shape index (κ2) is 11.2. The topological polar surface area (TPSA) is 72.9 Å². The zero-order valence-electron chi connectivity index (χ0n) is 20.6. The fourth-order valence-electron chi connectivity index (χ4n) is 4.97. The predicted molar refractivity (Wildman–Crippen MR) is 116 cm³/mol. The van der Waals surface area contributed by atoms with E-state index in [1.54, 1.807) is 20.8 Å². The van der Waals surface area contributed by atoms with E-state index in [1.807, 2.05) is 13.8 Å². The summed E-state index contributed by atoms with van der Waals surface area (Å²) in [7, 11) is 0. The predicted octanol–water partition coefficient (Wildman–Crippen LogP) is 5.68. The van der Waals surface area contributed by atoms with E-state index in [9.17, 15) is 31.9 Å². The lowest BCUT2D eigenvalue weighted by atomic mass is 9.69. The lowest BCUT2D eigenvalue weighted by Crippen LogP contribution is -2.50. The molecule has 1 saturated heterocycles. The minimum absolute atomic E-state index is 0.0197. The summed E-state index contributed by atoms with van der Waals surface area (Å²) in [5, 5.41) is 0. The molecule has 0 bridgehead atoms. The Bertz CT molecular complexity index is 726. The number of cyclic esters (lactones) is 1. The molecule has 196 valence electrons. The maximum atomic E-state index is 13.7. The van der Waals surface area contributed by atoms with Crippen LogP contribution in [0.25, 0.3) is 0 Å². The summed E-state index contributed by atoms with van der Waals surface area (Å²) in [4.78, 5) is 40.4. The first-order valence-corrected chi connectivity index (χ1v) is 12.0. The average molecular weight is 496 g/mol. The third-order valence-corrected chi connectivity index (χ3v) is 6.73. The Morgan fingerprint density at radius 1 is 1.12 bits per heavy atom. The van der Waals surface area contributed by atoms with Gasteiger partial charge in [-0.3, -0.25) is 14.0 Å². The highest BCUT2D eigenvalue weighted by Gasteiger charge is 2.50. The van der Waals surface area contributed by atoms with Crippen LogP contribution in [-0.4, -0.2) is 54.0 Å². The normalized spacial score (nSPS) is 25.8. The van der Waals surface area contributed by atoms with Gasteiger partial charge in [-0.05, 0) is 71.1 Å². The van der Waals surface area contributed by atoms with E-state index in [0.29, 0.717) is 0 Å². The first-order chi connectivity index (χ1) is 15.7. The van der Waals surface area contributed by atoms with Crippen molar-refractivity contribution in [2.45, 2.75) is 91.0 Å². The van der Waals surface area contributed by atoms with Gasteiger partial charge in [-0.1, -0.05) is 13.8 Å². The van der Waals surface area contributed by atoms with E-state index >= 15 is 0 Å². The third-order valence-electron chi connectivity index (χ3n) is 6.73. The van der Waals surface area contributed by atoms with Crippen molar-refractivity contribution in [1.29, 1.82) is 0 Å². The summed E-state index contributed by atoms with van der Waals surface area (Å²) in [6.07, 6.45) is -5.32. The molecule has 1 unspecified atom stereocenters. The van der Waals surface area contributed by atoms with E-state index in [-0.39, 0.29) is 51.0 Å². The van der Waals surface area contributed by atoms with Crippen LogP contribution in [0.1, 0.15) is 73.1 Å². The van der Waals surface area contributed by atoms with Crippen molar-refractivity contribution in [2.75, 3.05) is 13.3 Å². The van der Waals surface area contributed by atoms with Gasteiger partial charge in [0.25, 0.3) is 0 Å². The van der Waals surface area contributed by atoms with Crippen molar-refractivity contribution in [2.24, 2.45) is 29.6 Å². The summed E-state index contributed by atoms with van der Waals surface area (Å²) >= 11 is 0. The van der Waals surface area contributed by atoms with Gasteiger partial charge < -0.3 is 9.47 Å². The molecule has 2 fully saturated rings. The van der Waals surface area contributed by atoms with Gasteiger partial charge in [0.05, 0.1) is 30.5 Å². The van der Waals surface area contributed by atoms with Crippen LogP contribution in [0.3, 0.4) is 0 Å². The van der Waals surface area contributed by atoms with Gasteiger partial charge in [0.15, 0.2) is 0 Å². The molecule has 0 radical (unpaired) electrons. The zero-order valence-corrected chi connectivity index (χ0v) is 20.6. The summed E-state index contributed by atoms with van der Waals surface area (Å²) in [5.74, 6) is -5.63. The average Bonchev–Trinajstić information content (AvgIpc) is 3.10. The second-order valence-corrected chi connectivity index (χ2v) is 10.7. The molecule has 0 spiro atoms. The number of alkyl halides is 4. The summed E-state index contributed by atoms with van der Waals surface area (Å²) < 4.78 is 63.5. The number of halogens is 4. The molecule has 0 aromatic carbocycles. The van der Waals surface area contributed by atoms with E-state index in [4.69, 9.17) is 9.47 Å². The summed E-state index contributed by atoms with van der Waals surface area (Å²) in [6, 6.07) is -0.534. The number of nitrogens with zero attached hydrogens (tertiary/aromatic N) is 1. The van der Waals surface area contributed by atoms with Crippen molar-refractivity contribution in [1.82, 2.24) is 4.90 Å². The van der Waals surface area contributed by atoms with E-state index in [2.05, 4.69) is 0 Å². The van der Waals surface area contributed by atoms with Crippen LogP contribution in [0.4, 0.5) is 22.4 Å². The van der Waals surface area contributed by atoms with Gasteiger partial charge >= 0.3 is 18.2 Å². The number of ether oxygens (including phenoxy) is 2. The monoisotopic (exact) mass is 495 g/mol. The van der Waals surface area contributed by atoms with Crippen LogP contribution in [0.2, 0.25) is 0 Å². The van der Waals surface area contributed by atoms with Crippen LogP contribution in [0.5, 0.6) is 0 Å².